The van der Waals surface area contributed by atoms with Crippen LogP contribution in [-0.4, -0.2) is 56.1 Å². The second kappa shape index (κ2) is 13.8. The quantitative estimate of drug-likeness (QED) is 0.442. The lowest BCUT2D eigenvalue weighted by Gasteiger charge is -2.24. The van der Waals surface area contributed by atoms with Gasteiger partial charge in [0.2, 0.25) is 0 Å². The second-order valence-electron chi connectivity index (χ2n) is 8.67. The van der Waals surface area contributed by atoms with Crippen LogP contribution in [0.4, 0.5) is 0 Å². The van der Waals surface area contributed by atoms with E-state index in [0.717, 1.165) is 71.5 Å². The molecule has 0 saturated heterocycles. The molecular weight excluding hydrogens is 374 g/mol. The molecule has 0 bridgehead atoms. The first-order valence-electron chi connectivity index (χ1n) is 11.9. The molecule has 0 spiro atoms. The number of nitrogens with one attached hydrogen (secondary N) is 1. The molecule has 30 heavy (non-hydrogen) atoms. The number of nitrogens with two attached hydrogens (primary N) is 1. The van der Waals surface area contributed by atoms with Gasteiger partial charge in [0.05, 0.1) is 12.6 Å². The van der Waals surface area contributed by atoms with Gasteiger partial charge in [-0.15, -0.1) is 0 Å². The predicted octanol–water partition coefficient (Wildman–Crippen LogP) is 4.11. The maximum absolute atomic E-state index is 11.4. The molecule has 5 nitrogen and oxygen atoms in total. The summed E-state index contributed by atoms with van der Waals surface area (Å²) < 4.78 is 5.54. The third kappa shape index (κ3) is 8.75. The minimum Gasteiger partial charge on any atom is -0.388 e. The molecule has 1 aliphatic heterocycles. The molecule has 0 radical (unpaired) electrons. The first-order valence-corrected chi connectivity index (χ1v) is 11.9. The zero-order chi connectivity index (χ0) is 21.8. The smallest absolute Gasteiger partial charge is 0.146 e. The predicted molar refractivity (Wildman–Crippen MR) is 125 cm³/mol. The maximum atomic E-state index is 11.4. The third-order valence-corrected chi connectivity index (χ3v) is 6.34. The molecular formula is C25H43N3O2. The molecule has 3 N–H and O–H groups in total. The van der Waals surface area contributed by atoms with Crippen molar-refractivity contribution in [3.63, 3.8) is 0 Å². The highest BCUT2D eigenvalue weighted by Gasteiger charge is 2.14. The summed E-state index contributed by atoms with van der Waals surface area (Å²) in [5.41, 5.74) is 12.0. The molecule has 0 saturated carbocycles. The molecule has 2 aliphatic rings. The molecule has 2 rings (SSSR count). The van der Waals surface area contributed by atoms with Crippen LogP contribution in [-0.2, 0) is 9.53 Å². The summed E-state index contributed by atoms with van der Waals surface area (Å²) in [5, 5.41) is 3.60. The SMILES string of the molecule is CCOCCN(CCCCC1=C(C)CCC2=C(C=C1)CCCN2)CC[C@H](N)C(C)=O. The van der Waals surface area contributed by atoms with Crippen molar-refractivity contribution in [2.45, 2.75) is 78.2 Å². The van der Waals surface area contributed by atoms with E-state index in [1.807, 2.05) is 6.92 Å². The lowest BCUT2D eigenvalue weighted by molar-refractivity contribution is -0.118. The minimum absolute atomic E-state index is 0.0738. The van der Waals surface area contributed by atoms with Gasteiger partial charge < -0.3 is 20.7 Å². The third-order valence-electron chi connectivity index (χ3n) is 6.34. The average Bonchev–Trinajstić information content (AvgIpc) is 2.73. The van der Waals surface area contributed by atoms with Gasteiger partial charge in [-0.1, -0.05) is 17.7 Å². The average molecular weight is 418 g/mol. The van der Waals surface area contributed by atoms with E-state index in [9.17, 15) is 4.79 Å². The van der Waals surface area contributed by atoms with Crippen LogP contribution >= 0.6 is 0 Å². The Bertz CT molecular complexity index is 636. The number of allylic oxidation sites excluding steroid dienone is 6. The summed E-state index contributed by atoms with van der Waals surface area (Å²) in [6.07, 6.45) is 13.7. The molecule has 1 aliphatic carbocycles. The minimum atomic E-state index is -0.346. The Balaban J connectivity index is 1.81. The summed E-state index contributed by atoms with van der Waals surface area (Å²) >= 11 is 0. The number of Topliss-reactive ketones (excluding diaryl/α,β-unsaturated/α-hetero) is 1. The van der Waals surface area contributed by atoms with Crippen molar-refractivity contribution >= 4 is 5.78 Å². The van der Waals surface area contributed by atoms with Crippen LogP contribution in [0.1, 0.15) is 72.1 Å². The van der Waals surface area contributed by atoms with E-state index in [1.165, 1.54) is 41.7 Å². The highest BCUT2D eigenvalue weighted by Crippen LogP contribution is 2.27. The van der Waals surface area contributed by atoms with E-state index in [1.54, 1.807) is 6.92 Å². The van der Waals surface area contributed by atoms with Crippen LogP contribution in [0.3, 0.4) is 0 Å². The van der Waals surface area contributed by atoms with Crippen molar-refractivity contribution in [1.82, 2.24) is 10.2 Å². The van der Waals surface area contributed by atoms with Gasteiger partial charge in [-0.25, -0.2) is 0 Å². The summed E-state index contributed by atoms with van der Waals surface area (Å²) in [4.78, 5) is 13.8. The van der Waals surface area contributed by atoms with E-state index < -0.39 is 0 Å². The van der Waals surface area contributed by atoms with Crippen molar-refractivity contribution in [3.05, 3.63) is 34.6 Å². The van der Waals surface area contributed by atoms with E-state index in [0.29, 0.717) is 0 Å². The summed E-state index contributed by atoms with van der Waals surface area (Å²) in [5.74, 6) is 0.0738. The van der Waals surface area contributed by atoms with E-state index >= 15 is 0 Å². The Morgan fingerprint density at radius 2 is 2.03 bits per heavy atom. The highest BCUT2D eigenvalue weighted by atomic mass is 16.5. The largest absolute Gasteiger partial charge is 0.388 e. The molecule has 1 heterocycles. The van der Waals surface area contributed by atoms with Crippen LogP contribution in [0, 0.1) is 0 Å². The summed E-state index contributed by atoms with van der Waals surface area (Å²) in [7, 11) is 0. The Kier molecular flexibility index (Phi) is 11.4. The maximum Gasteiger partial charge on any atom is 0.146 e. The van der Waals surface area contributed by atoms with Gasteiger partial charge in [-0.2, -0.15) is 0 Å². The van der Waals surface area contributed by atoms with Crippen LogP contribution in [0.2, 0.25) is 0 Å². The monoisotopic (exact) mass is 417 g/mol. The number of carbonyl (C=O) groups excluding carboxylic acids is 1. The summed E-state index contributed by atoms with van der Waals surface area (Å²) in [6.45, 7) is 11.3. The molecule has 0 aromatic carbocycles. The van der Waals surface area contributed by atoms with Gasteiger partial charge in [-0.3, -0.25) is 4.79 Å². The van der Waals surface area contributed by atoms with Crippen molar-refractivity contribution in [2.75, 3.05) is 39.4 Å². The molecule has 5 heteroatoms. The van der Waals surface area contributed by atoms with Crippen LogP contribution in [0.25, 0.3) is 0 Å². The molecule has 170 valence electrons. The zero-order valence-corrected chi connectivity index (χ0v) is 19.5. The molecule has 0 amide bonds. The van der Waals surface area contributed by atoms with Crippen LogP contribution in [0.15, 0.2) is 34.6 Å². The Hall–Kier alpha value is -1.43. The fourth-order valence-electron chi connectivity index (χ4n) is 4.18. The topological polar surface area (TPSA) is 67.6 Å². The van der Waals surface area contributed by atoms with E-state index in [-0.39, 0.29) is 11.8 Å². The van der Waals surface area contributed by atoms with Gasteiger partial charge in [-0.05, 0) is 89.8 Å². The number of hydrogen-bond acceptors (Lipinski definition) is 5. The Morgan fingerprint density at radius 1 is 1.20 bits per heavy atom. The van der Waals surface area contributed by atoms with Gasteiger partial charge in [0.25, 0.3) is 0 Å². The molecule has 1 atom stereocenters. The lowest BCUT2D eigenvalue weighted by atomic mass is 9.91. The Labute approximate surface area is 183 Å². The van der Waals surface area contributed by atoms with E-state index in [2.05, 4.69) is 29.3 Å². The number of hydrogen-bond donors (Lipinski definition) is 2. The van der Waals surface area contributed by atoms with Crippen molar-refractivity contribution < 1.29 is 9.53 Å². The molecule has 0 aromatic heterocycles. The second-order valence-corrected chi connectivity index (χ2v) is 8.67. The zero-order valence-electron chi connectivity index (χ0n) is 19.5. The molecule has 0 fully saturated rings. The first-order chi connectivity index (χ1) is 14.5. The number of ether oxygens (including phenoxy) is 1. The molecule has 0 unspecified atom stereocenters. The number of carbonyl (C=O) groups is 1. The fraction of sp³-hybridized carbons (Fsp3) is 0.720. The standard InChI is InChI=1S/C25H43N3O2/c1-4-30-19-18-28(17-14-24(26)21(3)29)16-6-5-8-22-11-12-23-9-7-15-27-25(23)13-10-20(22)2/h11-12,24,27H,4-10,13-19,26H2,1-3H3/t24-/m0/s1. The number of unbranched alkanes of at least 4 members (excludes halogenated alkanes) is 1. The number of ketones is 1. The van der Waals surface area contributed by atoms with Crippen LogP contribution in [0.5, 0.6) is 0 Å². The number of rotatable bonds is 13. The van der Waals surface area contributed by atoms with Crippen molar-refractivity contribution in [1.29, 1.82) is 0 Å². The highest BCUT2D eigenvalue weighted by molar-refractivity contribution is 5.81. The van der Waals surface area contributed by atoms with Gasteiger partial charge in [0.15, 0.2) is 0 Å². The van der Waals surface area contributed by atoms with Gasteiger partial charge in [0, 0.05) is 31.9 Å². The lowest BCUT2D eigenvalue weighted by Crippen LogP contribution is -2.36. The fourth-order valence-corrected chi connectivity index (χ4v) is 4.18. The van der Waals surface area contributed by atoms with Gasteiger partial charge in [0.1, 0.15) is 5.78 Å². The molecule has 0 aromatic rings. The Morgan fingerprint density at radius 3 is 2.80 bits per heavy atom. The van der Waals surface area contributed by atoms with Crippen LogP contribution < -0.4 is 11.1 Å². The van der Waals surface area contributed by atoms with E-state index in [4.69, 9.17) is 10.5 Å². The first kappa shape index (κ1) is 24.8. The summed E-state index contributed by atoms with van der Waals surface area (Å²) in [6, 6.07) is -0.346. The van der Waals surface area contributed by atoms with Crippen molar-refractivity contribution in [2.24, 2.45) is 5.73 Å². The number of nitrogens with zero attached hydrogens (tertiary/aromatic N) is 1. The van der Waals surface area contributed by atoms with Crippen molar-refractivity contribution in [3.8, 4) is 0 Å². The van der Waals surface area contributed by atoms with Gasteiger partial charge >= 0.3 is 0 Å². The normalized spacial score (nSPS) is 18.2.